The minimum Gasteiger partial charge on any atom is -0.288 e. The van der Waals surface area contributed by atoms with Crippen LogP contribution in [0.4, 0.5) is 0 Å². The van der Waals surface area contributed by atoms with Crippen molar-refractivity contribution in [2.45, 2.75) is 69.1 Å². The first-order valence-corrected chi connectivity index (χ1v) is 8.16. The smallest absolute Gasteiger partial charge is 0.0618 e. The van der Waals surface area contributed by atoms with Gasteiger partial charge in [0.25, 0.3) is 0 Å². The molecule has 0 aromatic heterocycles. The second-order valence-corrected chi connectivity index (χ2v) is 6.88. The molecule has 1 nitrogen and oxygen atoms in total. The number of hydrogen-bond acceptors (Lipinski definition) is 2. The highest BCUT2D eigenvalue weighted by Crippen LogP contribution is 2.37. The van der Waals surface area contributed by atoms with E-state index in [4.69, 9.17) is 4.99 Å². The molecule has 0 amide bonds. The summed E-state index contributed by atoms with van der Waals surface area (Å²) < 4.78 is 0. The average molecular weight is 237 g/mol. The predicted molar refractivity (Wildman–Crippen MR) is 72.5 cm³/mol. The van der Waals surface area contributed by atoms with Crippen LogP contribution in [-0.4, -0.2) is 22.8 Å². The minimum absolute atomic E-state index is 0.699. The van der Waals surface area contributed by atoms with Gasteiger partial charge in [-0.25, -0.2) is 0 Å². The first-order valence-electron chi connectivity index (χ1n) is 7.11. The summed E-state index contributed by atoms with van der Waals surface area (Å²) in [6.45, 7) is 0. The van der Waals surface area contributed by atoms with Crippen LogP contribution in [0.5, 0.6) is 0 Å². The first-order chi connectivity index (χ1) is 7.93. The van der Waals surface area contributed by atoms with Gasteiger partial charge >= 0.3 is 0 Å². The molecule has 1 heterocycles. The van der Waals surface area contributed by atoms with E-state index in [2.05, 4.69) is 11.8 Å². The molecule has 3 aliphatic rings. The molecule has 2 saturated carbocycles. The fourth-order valence-corrected chi connectivity index (χ4v) is 4.97. The number of thioether (sulfide) groups is 1. The summed E-state index contributed by atoms with van der Waals surface area (Å²) in [4.78, 5) is 5.12. The van der Waals surface area contributed by atoms with Gasteiger partial charge in [-0.2, -0.15) is 11.8 Å². The summed E-state index contributed by atoms with van der Waals surface area (Å²) in [6.07, 6.45) is 12.9. The molecular formula is C14H23NS. The summed E-state index contributed by atoms with van der Waals surface area (Å²) in [5, 5.41) is 0.876. The summed E-state index contributed by atoms with van der Waals surface area (Å²) in [6, 6.07) is 0.699. The Kier molecular flexibility index (Phi) is 3.56. The Bertz CT molecular complexity index is 268. The highest BCUT2D eigenvalue weighted by Gasteiger charge is 2.31. The van der Waals surface area contributed by atoms with Gasteiger partial charge in [0.05, 0.1) is 6.04 Å². The highest BCUT2D eigenvalue weighted by atomic mass is 32.2. The number of fused-ring (bicyclic) bond motifs is 1. The zero-order valence-electron chi connectivity index (χ0n) is 10.2. The lowest BCUT2D eigenvalue weighted by Gasteiger charge is -2.35. The molecule has 0 bridgehead atoms. The number of hydrogen-bond donors (Lipinski definition) is 0. The average Bonchev–Trinajstić information content (AvgIpc) is 2.39. The fourth-order valence-electron chi connectivity index (χ4n) is 3.52. The molecule has 16 heavy (non-hydrogen) atoms. The second kappa shape index (κ2) is 5.12. The van der Waals surface area contributed by atoms with Crippen LogP contribution in [0.25, 0.3) is 0 Å². The second-order valence-electron chi connectivity index (χ2n) is 5.66. The lowest BCUT2D eigenvalue weighted by atomic mass is 9.85. The number of rotatable bonds is 1. The summed E-state index contributed by atoms with van der Waals surface area (Å²) in [5.41, 5.74) is 1.59. The molecular weight excluding hydrogens is 214 g/mol. The molecule has 2 atom stereocenters. The van der Waals surface area contributed by atoms with Crippen LogP contribution in [0.2, 0.25) is 0 Å². The van der Waals surface area contributed by atoms with Crippen molar-refractivity contribution in [2.75, 3.05) is 5.75 Å². The van der Waals surface area contributed by atoms with E-state index in [0.717, 1.165) is 11.2 Å². The van der Waals surface area contributed by atoms with Gasteiger partial charge in [0.15, 0.2) is 0 Å². The lowest BCUT2D eigenvalue weighted by molar-refractivity contribution is 0.422. The molecule has 2 heteroatoms. The summed E-state index contributed by atoms with van der Waals surface area (Å²) >= 11 is 2.22. The lowest BCUT2D eigenvalue weighted by Crippen LogP contribution is -2.35. The fraction of sp³-hybridized carbons (Fsp3) is 0.929. The van der Waals surface area contributed by atoms with Crippen molar-refractivity contribution < 1.29 is 0 Å². The van der Waals surface area contributed by atoms with Gasteiger partial charge < -0.3 is 0 Å². The summed E-state index contributed by atoms with van der Waals surface area (Å²) in [5.74, 6) is 2.12. The molecule has 2 aliphatic carbocycles. The molecule has 3 rings (SSSR count). The van der Waals surface area contributed by atoms with Crippen LogP contribution in [0.1, 0.15) is 57.8 Å². The molecule has 0 N–H and O–H groups in total. The van der Waals surface area contributed by atoms with E-state index < -0.39 is 0 Å². The van der Waals surface area contributed by atoms with E-state index >= 15 is 0 Å². The molecule has 0 radical (unpaired) electrons. The van der Waals surface area contributed by atoms with Gasteiger partial charge in [-0.3, -0.25) is 4.99 Å². The van der Waals surface area contributed by atoms with Crippen molar-refractivity contribution in [3.8, 4) is 0 Å². The van der Waals surface area contributed by atoms with Gasteiger partial charge in [0, 0.05) is 16.7 Å². The van der Waals surface area contributed by atoms with Gasteiger partial charge in [0.1, 0.15) is 0 Å². The molecule has 0 aromatic rings. The Morgan fingerprint density at radius 1 is 0.875 bits per heavy atom. The monoisotopic (exact) mass is 237 g/mol. The SMILES string of the molecule is C1CCC(C2=N[C@@H]3CCCC[C@@H]3SC2)CC1. The van der Waals surface area contributed by atoms with Gasteiger partial charge in [0.2, 0.25) is 0 Å². The van der Waals surface area contributed by atoms with Crippen LogP contribution < -0.4 is 0 Å². The Balaban J connectivity index is 1.68. The van der Waals surface area contributed by atoms with E-state index in [-0.39, 0.29) is 0 Å². The van der Waals surface area contributed by atoms with Crippen LogP contribution >= 0.6 is 11.8 Å². The Morgan fingerprint density at radius 3 is 2.50 bits per heavy atom. The zero-order chi connectivity index (χ0) is 10.8. The zero-order valence-corrected chi connectivity index (χ0v) is 11.0. The van der Waals surface area contributed by atoms with Gasteiger partial charge in [-0.05, 0) is 31.6 Å². The number of aliphatic imine (C=N–C) groups is 1. The molecule has 90 valence electrons. The standard InChI is InChI=1S/C14H23NS/c1-2-6-11(7-3-1)13-10-16-14-9-5-4-8-12(14)15-13/h11-12,14H,1-10H2/t12-,14+/m1/s1. The predicted octanol–water partition coefficient (Wildman–Crippen LogP) is 4.07. The van der Waals surface area contributed by atoms with Gasteiger partial charge in [-0.15, -0.1) is 0 Å². The maximum Gasteiger partial charge on any atom is 0.0618 e. The maximum atomic E-state index is 5.12. The van der Waals surface area contributed by atoms with Gasteiger partial charge in [-0.1, -0.05) is 32.1 Å². The quantitative estimate of drug-likeness (QED) is 0.670. The molecule has 2 fully saturated rings. The van der Waals surface area contributed by atoms with Crippen LogP contribution in [0.15, 0.2) is 4.99 Å². The normalized spacial score (nSPS) is 36.6. The highest BCUT2D eigenvalue weighted by molar-refractivity contribution is 8.00. The topological polar surface area (TPSA) is 12.4 Å². The van der Waals surface area contributed by atoms with E-state index in [9.17, 15) is 0 Å². The minimum atomic E-state index is 0.699. The molecule has 0 unspecified atom stereocenters. The molecule has 1 aliphatic heterocycles. The summed E-state index contributed by atoms with van der Waals surface area (Å²) in [7, 11) is 0. The van der Waals surface area contributed by atoms with E-state index in [1.165, 1.54) is 63.5 Å². The Hall–Kier alpha value is 0.0200. The maximum absolute atomic E-state index is 5.12. The van der Waals surface area contributed by atoms with Crippen molar-refractivity contribution >= 4 is 17.5 Å². The van der Waals surface area contributed by atoms with Crippen molar-refractivity contribution in [1.29, 1.82) is 0 Å². The van der Waals surface area contributed by atoms with Crippen LogP contribution in [0, 0.1) is 5.92 Å². The van der Waals surface area contributed by atoms with Crippen molar-refractivity contribution in [3.63, 3.8) is 0 Å². The Morgan fingerprint density at radius 2 is 1.62 bits per heavy atom. The third-order valence-corrected chi connectivity index (χ3v) is 5.96. The van der Waals surface area contributed by atoms with E-state index in [1.807, 2.05) is 0 Å². The third kappa shape index (κ3) is 2.32. The first kappa shape index (κ1) is 11.1. The van der Waals surface area contributed by atoms with Crippen LogP contribution in [0.3, 0.4) is 0 Å². The van der Waals surface area contributed by atoms with Crippen molar-refractivity contribution in [2.24, 2.45) is 10.9 Å². The van der Waals surface area contributed by atoms with E-state index in [0.29, 0.717) is 6.04 Å². The van der Waals surface area contributed by atoms with Crippen molar-refractivity contribution in [3.05, 3.63) is 0 Å². The van der Waals surface area contributed by atoms with Crippen LogP contribution in [-0.2, 0) is 0 Å². The van der Waals surface area contributed by atoms with E-state index in [1.54, 1.807) is 5.71 Å². The molecule has 0 aromatic carbocycles. The largest absolute Gasteiger partial charge is 0.288 e. The Labute approximate surface area is 103 Å². The molecule has 0 saturated heterocycles. The molecule has 0 spiro atoms. The number of nitrogens with zero attached hydrogens (tertiary/aromatic N) is 1. The third-order valence-electron chi connectivity index (χ3n) is 4.52. The van der Waals surface area contributed by atoms with Crippen molar-refractivity contribution in [1.82, 2.24) is 0 Å².